The van der Waals surface area contributed by atoms with Gasteiger partial charge in [-0.1, -0.05) is 0 Å². The van der Waals surface area contributed by atoms with Crippen molar-refractivity contribution < 1.29 is 9.72 Å². The van der Waals surface area contributed by atoms with E-state index in [0.29, 0.717) is 12.2 Å². The third-order valence-electron chi connectivity index (χ3n) is 3.37. The lowest BCUT2D eigenvalue weighted by molar-refractivity contribution is -0.385. The Bertz CT molecular complexity index is 675. The van der Waals surface area contributed by atoms with Crippen molar-refractivity contribution in [2.75, 3.05) is 6.54 Å². The van der Waals surface area contributed by atoms with E-state index in [1.807, 2.05) is 17.7 Å². The van der Waals surface area contributed by atoms with E-state index in [2.05, 4.69) is 15.5 Å². The quantitative estimate of drug-likeness (QED) is 0.462. The van der Waals surface area contributed by atoms with Crippen molar-refractivity contribution in [3.05, 3.63) is 40.0 Å². The van der Waals surface area contributed by atoms with Crippen LogP contribution in [0.5, 0.6) is 0 Å². The molecule has 0 radical (unpaired) electrons. The van der Waals surface area contributed by atoms with Crippen molar-refractivity contribution in [2.45, 2.75) is 33.4 Å². The summed E-state index contributed by atoms with van der Waals surface area (Å²) in [7, 11) is 0. The number of nitrogens with one attached hydrogen (secondary N) is 1. The van der Waals surface area contributed by atoms with Crippen LogP contribution in [0.1, 0.15) is 17.8 Å². The van der Waals surface area contributed by atoms with E-state index in [4.69, 9.17) is 0 Å². The summed E-state index contributed by atoms with van der Waals surface area (Å²) in [6, 6.07) is 1.92. The summed E-state index contributed by atoms with van der Waals surface area (Å²) in [6.45, 7) is 4.75. The Balaban J connectivity index is 1.76. The lowest BCUT2D eigenvalue weighted by Gasteiger charge is -2.07. The van der Waals surface area contributed by atoms with E-state index < -0.39 is 4.92 Å². The number of rotatable bonds is 7. The second kappa shape index (κ2) is 6.83. The van der Waals surface area contributed by atoms with Crippen LogP contribution in [0.4, 0.5) is 5.69 Å². The number of nitrogens with zero attached hydrogens (tertiary/aromatic N) is 5. The van der Waals surface area contributed by atoms with Crippen LogP contribution in [0.3, 0.4) is 0 Å². The van der Waals surface area contributed by atoms with Gasteiger partial charge in [-0.25, -0.2) is 0 Å². The predicted molar refractivity (Wildman–Crippen MR) is 78.2 cm³/mol. The first-order chi connectivity index (χ1) is 10.5. The Labute approximate surface area is 127 Å². The molecule has 1 N–H and O–H groups in total. The van der Waals surface area contributed by atoms with Crippen LogP contribution in [0, 0.1) is 24.0 Å². The first-order valence-corrected chi connectivity index (χ1v) is 6.91. The van der Waals surface area contributed by atoms with Crippen LogP contribution < -0.4 is 5.32 Å². The molecule has 0 fully saturated rings. The van der Waals surface area contributed by atoms with E-state index in [1.54, 1.807) is 13.1 Å². The number of aryl methyl sites for hydroxylation is 2. The highest BCUT2D eigenvalue weighted by atomic mass is 16.6. The van der Waals surface area contributed by atoms with Gasteiger partial charge in [-0.2, -0.15) is 10.2 Å². The highest BCUT2D eigenvalue weighted by molar-refractivity contribution is 5.75. The van der Waals surface area contributed by atoms with Gasteiger partial charge in [0.05, 0.1) is 4.92 Å². The second-order valence-corrected chi connectivity index (χ2v) is 4.93. The maximum absolute atomic E-state index is 11.8. The maximum Gasteiger partial charge on any atom is 0.309 e. The molecule has 2 rings (SSSR count). The van der Waals surface area contributed by atoms with Gasteiger partial charge >= 0.3 is 5.69 Å². The number of amides is 1. The first-order valence-electron chi connectivity index (χ1n) is 6.91. The first kappa shape index (κ1) is 15.7. The highest BCUT2D eigenvalue weighted by Crippen LogP contribution is 2.15. The minimum atomic E-state index is -0.511. The van der Waals surface area contributed by atoms with Crippen LogP contribution >= 0.6 is 0 Å². The third kappa shape index (κ3) is 3.68. The van der Waals surface area contributed by atoms with Gasteiger partial charge in [0.2, 0.25) is 5.91 Å². The van der Waals surface area contributed by atoms with Gasteiger partial charge in [0.25, 0.3) is 0 Å². The molecule has 118 valence electrons. The van der Waals surface area contributed by atoms with E-state index in [1.165, 1.54) is 4.68 Å². The van der Waals surface area contributed by atoms with Crippen molar-refractivity contribution in [1.29, 1.82) is 0 Å². The largest absolute Gasteiger partial charge is 0.354 e. The molecule has 2 aromatic rings. The zero-order valence-electron chi connectivity index (χ0n) is 12.5. The number of nitro groups is 1. The number of hydrogen-bond acceptors (Lipinski definition) is 5. The molecule has 0 saturated heterocycles. The molecule has 0 aliphatic heterocycles. The number of carbonyl (C=O) groups excluding carboxylic acids is 1. The number of aromatic nitrogens is 4. The summed E-state index contributed by atoms with van der Waals surface area (Å²) in [5, 5.41) is 21.5. The zero-order valence-corrected chi connectivity index (χ0v) is 12.5. The summed E-state index contributed by atoms with van der Waals surface area (Å²) in [6.07, 6.45) is 3.65. The number of carbonyl (C=O) groups is 1. The molecule has 0 aliphatic rings. The Morgan fingerprint density at radius 3 is 2.73 bits per heavy atom. The molecular weight excluding hydrogens is 288 g/mol. The van der Waals surface area contributed by atoms with E-state index >= 15 is 0 Å². The number of hydrogen-bond donors (Lipinski definition) is 1. The third-order valence-corrected chi connectivity index (χ3v) is 3.37. The van der Waals surface area contributed by atoms with Crippen molar-refractivity contribution in [3.63, 3.8) is 0 Å². The average Bonchev–Trinajstić information content (AvgIpc) is 3.02. The average molecular weight is 306 g/mol. The molecule has 9 heteroatoms. The fraction of sp³-hybridized carbons (Fsp3) is 0.462. The van der Waals surface area contributed by atoms with Crippen molar-refractivity contribution in [1.82, 2.24) is 24.9 Å². The Kier molecular flexibility index (Phi) is 4.87. The van der Waals surface area contributed by atoms with Crippen LogP contribution in [0.2, 0.25) is 0 Å². The molecule has 0 aromatic carbocycles. The van der Waals surface area contributed by atoms with E-state index in [9.17, 15) is 14.9 Å². The van der Waals surface area contributed by atoms with Gasteiger partial charge < -0.3 is 5.32 Å². The Morgan fingerprint density at radius 2 is 2.14 bits per heavy atom. The lowest BCUT2D eigenvalue weighted by atomic mass is 10.4. The molecule has 9 nitrogen and oxygen atoms in total. The van der Waals surface area contributed by atoms with Gasteiger partial charge in [-0.3, -0.25) is 24.3 Å². The molecule has 0 unspecified atom stereocenters. The van der Waals surface area contributed by atoms with Crippen LogP contribution in [0.25, 0.3) is 0 Å². The van der Waals surface area contributed by atoms with E-state index in [0.717, 1.165) is 24.9 Å². The summed E-state index contributed by atoms with van der Waals surface area (Å²) >= 11 is 0. The Morgan fingerprint density at radius 1 is 1.36 bits per heavy atom. The molecule has 22 heavy (non-hydrogen) atoms. The highest BCUT2D eigenvalue weighted by Gasteiger charge is 2.17. The summed E-state index contributed by atoms with van der Waals surface area (Å²) in [4.78, 5) is 22.0. The molecule has 2 heterocycles. The Hall–Kier alpha value is -2.71. The molecule has 2 aromatic heterocycles. The minimum Gasteiger partial charge on any atom is -0.354 e. The smallest absolute Gasteiger partial charge is 0.309 e. The molecule has 0 saturated carbocycles. The van der Waals surface area contributed by atoms with Gasteiger partial charge in [0.1, 0.15) is 18.4 Å². The normalized spacial score (nSPS) is 10.6. The van der Waals surface area contributed by atoms with Crippen molar-refractivity contribution >= 4 is 11.6 Å². The van der Waals surface area contributed by atoms with Crippen LogP contribution in [-0.4, -0.2) is 36.9 Å². The fourth-order valence-corrected chi connectivity index (χ4v) is 2.06. The maximum atomic E-state index is 11.8. The van der Waals surface area contributed by atoms with Gasteiger partial charge in [0.15, 0.2) is 0 Å². The summed E-state index contributed by atoms with van der Waals surface area (Å²) in [5.74, 6) is -0.224. The standard InChI is InChI=1S/C13H18N6O3/c1-10-4-6-15-17(10)7-3-5-14-13(20)9-18-11(2)12(8-16-18)19(21)22/h4,6,8H,3,5,7,9H2,1-2H3,(H,14,20). The molecule has 0 spiro atoms. The van der Waals surface area contributed by atoms with Gasteiger partial charge in [0, 0.05) is 25.0 Å². The van der Waals surface area contributed by atoms with E-state index in [-0.39, 0.29) is 18.1 Å². The van der Waals surface area contributed by atoms with Gasteiger partial charge in [-0.05, 0) is 26.3 Å². The zero-order chi connectivity index (χ0) is 16.1. The molecule has 1 amide bonds. The molecular formula is C13H18N6O3. The van der Waals surface area contributed by atoms with Gasteiger partial charge in [-0.15, -0.1) is 0 Å². The topological polar surface area (TPSA) is 108 Å². The predicted octanol–water partition coefficient (Wildman–Crippen LogP) is 0.811. The SMILES string of the molecule is Cc1ccnn1CCCNC(=O)Cn1ncc([N+](=O)[O-])c1C. The minimum absolute atomic E-state index is 0.0273. The van der Waals surface area contributed by atoms with Crippen molar-refractivity contribution in [2.24, 2.45) is 0 Å². The lowest BCUT2D eigenvalue weighted by Crippen LogP contribution is -2.29. The molecule has 0 bridgehead atoms. The van der Waals surface area contributed by atoms with Crippen LogP contribution in [0.15, 0.2) is 18.5 Å². The molecule has 0 aliphatic carbocycles. The second-order valence-electron chi connectivity index (χ2n) is 4.93. The van der Waals surface area contributed by atoms with Crippen LogP contribution in [-0.2, 0) is 17.9 Å². The monoisotopic (exact) mass is 306 g/mol. The summed E-state index contributed by atoms with van der Waals surface area (Å²) < 4.78 is 3.19. The van der Waals surface area contributed by atoms with Crippen molar-refractivity contribution in [3.8, 4) is 0 Å². The fourth-order valence-electron chi connectivity index (χ4n) is 2.06. The summed E-state index contributed by atoms with van der Waals surface area (Å²) in [5.41, 5.74) is 1.36. The molecule has 0 atom stereocenters.